The van der Waals surface area contributed by atoms with Crippen LogP contribution in [-0.2, 0) is 16.1 Å². The highest BCUT2D eigenvalue weighted by Gasteiger charge is 2.35. The zero-order valence-electron chi connectivity index (χ0n) is 22.3. The Morgan fingerprint density at radius 3 is 2.32 bits per heavy atom. The molecule has 0 unspecified atom stereocenters. The molecular weight excluding hydrogens is 482 g/mol. The van der Waals surface area contributed by atoms with Crippen molar-refractivity contribution >= 4 is 29.4 Å². The summed E-state index contributed by atoms with van der Waals surface area (Å²) in [5.74, 6) is 0.00495. The molecule has 0 aromatic heterocycles. The molecule has 2 aromatic carbocycles. The SMILES string of the molecule is CC(C)(C)OC(=O)N1CC=C(c2ccc(C(=O)N3CCC(N4C(=O)OCc5ccccc54)CC3)cc2)CC1. The summed E-state index contributed by atoms with van der Waals surface area (Å²) < 4.78 is 10.9. The van der Waals surface area contributed by atoms with Crippen LogP contribution in [0.2, 0.25) is 0 Å². The van der Waals surface area contributed by atoms with Crippen molar-refractivity contribution in [2.75, 3.05) is 31.1 Å². The van der Waals surface area contributed by atoms with Gasteiger partial charge in [0, 0.05) is 43.3 Å². The highest BCUT2D eigenvalue weighted by molar-refractivity contribution is 5.95. The first-order chi connectivity index (χ1) is 18.2. The van der Waals surface area contributed by atoms with Crippen LogP contribution >= 0.6 is 0 Å². The third kappa shape index (κ3) is 5.54. The molecule has 0 saturated carbocycles. The van der Waals surface area contributed by atoms with E-state index in [9.17, 15) is 14.4 Å². The molecular formula is C30H35N3O5. The van der Waals surface area contributed by atoms with Crippen LogP contribution in [0.3, 0.4) is 0 Å². The van der Waals surface area contributed by atoms with Crippen LogP contribution in [0.4, 0.5) is 15.3 Å². The van der Waals surface area contributed by atoms with E-state index in [2.05, 4.69) is 6.08 Å². The van der Waals surface area contributed by atoms with E-state index in [1.54, 1.807) is 9.80 Å². The highest BCUT2D eigenvalue weighted by atomic mass is 16.6. The molecule has 200 valence electrons. The van der Waals surface area contributed by atoms with Crippen LogP contribution in [0.5, 0.6) is 0 Å². The van der Waals surface area contributed by atoms with Crippen molar-refractivity contribution in [3.8, 4) is 0 Å². The Hall–Kier alpha value is -3.81. The topological polar surface area (TPSA) is 79.4 Å². The van der Waals surface area contributed by atoms with Crippen molar-refractivity contribution in [1.82, 2.24) is 9.80 Å². The second-order valence-corrected chi connectivity index (χ2v) is 11.1. The number of carbonyl (C=O) groups is 3. The van der Waals surface area contributed by atoms with Crippen LogP contribution in [0.1, 0.15) is 61.5 Å². The Morgan fingerprint density at radius 1 is 0.947 bits per heavy atom. The minimum absolute atomic E-state index is 0.00495. The van der Waals surface area contributed by atoms with Crippen LogP contribution in [0.15, 0.2) is 54.6 Å². The molecule has 0 atom stereocenters. The van der Waals surface area contributed by atoms with Gasteiger partial charge in [-0.2, -0.15) is 0 Å². The van der Waals surface area contributed by atoms with Gasteiger partial charge in [-0.3, -0.25) is 9.69 Å². The molecule has 0 bridgehead atoms. The maximum atomic E-state index is 13.2. The number of para-hydroxylation sites is 1. The number of anilines is 1. The van der Waals surface area contributed by atoms with Gasteiger partial charge in [-0.15, -0.1) is 0 Å². The van der Waals surface area contributed by atoms with Crippen molar-refractivity contribution in [1.29, 1.82) is 0 Å². The van der Waals surface area contributed by atoms with Gasteiger partial charge in [0.15, 0.2) is 0 Å². The van der Waals surface area contributed by atoms with Gasteiger partial charge in [0.25, 0.3) is 5.91 Å². The number of hydrogen-bond acceptors (Lipinski definition) is 5. The molecule has 3 heterocycles. The standard InChI is InChI=1S/C30H35N3O5/c1-30(2,3)38-28(35)32-16-12-22(13-17-32)21-8-10-23(11-9-21)27(34)31-18-14-25(15-19-31)33-26-7-5-4-6-24(26)20-37-29(33)36/h4-12,25H,13-20H2,1-3H3. The summed E-state index contributed by atoms with van der Waals surface area (Å²) in [6.07, 6.45) is 3.60. The number of rotatable bonds is 3. The summed E-state index contributed by atoms with van der Waals surface area (Å²) in [5.41, 5.74) is 4.29. The van der Waals surface area contributed by atoms with Gasteiger partial charge in [0.2, 0.25) is 0 Å². The van der Waals surface area contributed by atoms with E-state index in [0.717, 1.165) is 23.2 Å². The van der Waals surface area contributed by atoms with E-state index >= 15 is 0 Å². The second kappa shape index (κ2) is 10.5. The van der Waals surface area contributed by atoms with E-state index in [1.807, 2.05) is 74.2 Å². The smallest absolute Gasteiger partial charge is 0.414 e. The maximum absolute atomic E-state index is 13.2. The zero-order valence-corrected chi connectivity index (χ0v) is 22.3. The molecule has 0 spiro atoms. The zero-order chi connectivity index (χ0) is 26.9. The Kier molecular flexibility index (Phi) is 7.15. The van der Waals surface area contributed by atoms with Crippen LogP contribution in [0.25, 0.3) is 5.57 Å². The summed E-state index contributed by atoms with van der Waals surface area (Å²) >= 11 is 0. The average molecular weight is 518 g/mol. The van der Waals surface area contributed by atoms with Gasteiger partial charge in [-0.25, -0.2) is 9.59 Å². The second-order valence-electron chi connectivity index (χ2n) is 11.1. The summed E-state index contributed by atoms with van der Waals surface area (Å²) in [6, 6.07) is 15.6. The molecule has 3 amide bonds. The Morgan fingerprint density at radius 2 is 1.66 bits per heavy atom. The lowest BCUT2D eigenvalue weighted by Gasteiger charge is -2.40. The summed E-state index contributed by atoms with van der Waals surface area (Å²) in [5, 5.41) is 0. The molecule has 1 saturated heterocycles. The molecule has 2 aromatic rings. The van der Waals surface area contributed by atoms with Gasteiger partial charge >= 0.3 is 12.2 Å². The lowest BCUT2D eigenvalue weighted by Crippen LogP contribution is -2.50. The Balaban J connectivity index is 1.17. The number of cyclic esters (lactones) is 1. The van der Waals surface area contributed by atoms with Crippen molar-refractivity contribution < 1.29 is 23.9 Å². The van der Waals surface area contributed by atoms with Crippen molar-refractivity contribution in [3.63, 3.8) is 0 Å². The van der Waals surface area contributed by atoms with Gasteiger partial charge in [-0.1, -0.05) is 36.4 Å². The molecule has 38 heavy (non-hydrogen) atoms. The molecule has 0 aliphatic carbocycles. The number of amides is 3. The number of fused-ring (bicyclic) bond motifs is 1. The van der Waals surface area contributed by atoms with Crippen LogP contribution in [0, 0.1) is 0 Å². The minimum Gasteiger partial charge on any atom is -0.444 e. The molecule has 0 radical (unpaired) electrons. The Bertz CT molecular complexity index is 1240. The number of nitrogens with zero attached hydrogens (tertiary/aromatic N) is 3. The van der Waals surface area contributed by atoms with Crippen LogP contribution < -0.4 is 4.90 Å². The quantitative estimate of drug-likeness (QED) is 0.539. The van der Waals surface area contributed by atoms with Gasteiger partial charge in [-0.05, 0) is 69.4 Å². The molecule has 5 rings (SSSR count). The highest BCUT2D eigenvalue weighted by Crippen LogP contribution is 2.32. The van der Waals surface area contributed by atoms with E-state index in [-0.39, 0.29) is 24.1 Å². The van der Waals surface area contributed by atoms with E-state index in [0.29, 0.717) is 51.2 Å². The van der Waals surface area contributed by atoms with Gasteiger partial charge in [0.1, 0.15) is 12.2 Å². The summed E-state index contributed by atoms with van der Waals surface area (Å²) in [7, 11) is 0. The monoisotopic (exact) mass is 517 g/mol. The fraction of sp³-hybridized carbons (Fsp3) is 0.433. The third-order valence-electron chi connectivity index (χ3n) is 7.28. The lowest BCUT2D eigenvalue weighted by molar-refractivity contribution is 0.0270. The van der Waals surface area contributed by atoms with Gasteiger partial charge in [0.05, 0.1) is 5.69 Å². The third-order valence-corrected chi connectivity index (χ3v) is 7.28. The fourth-order valence-electron chi connectivity index (χ4n) is 5.28. The first-order valence-corrected chi connectivity index (χ1v) is 13.3. The molecule has 3 aliphatic rings. The minimum atomic E-state index is -0.510. The Labute approximate surface area is 223 Å². The lowest BCUT2D eigenvalue weighted by atomic mass is 9.97. The normalized spacial score (nSPS) is 18.4. The maximum Gasteiger partial charge on any atom is 0.414 e. The molecule has 3 aliphatic heterocycles. The number of piperidine rings is 1. The van der Waals surface area contributed by atoms with E-state index in [4.69, 9.17) is 9.47 Å². The number of benzene rings is 2. The fourth-order valence-corrected chi connectivity index (χ4v) is 5.28. The molecule has 8 heteroatoms. The average Bonchev–Trinajstić information content (AvgIpc) is 2.92. The first kappa shape index (κ1) is 25.8. The van der Waals surface area contributed by atoms with Crippen molar-refractivity contribution in [2.24, 2.45) is 0 Å². The van der Waals surface area contributed by atoms with Gasteiger partial charge < -0.3 is 19.3 Å². The number of carbonyl (C=O) groups excluding carboxylic acids is 3. The number of likely N-dealkylation sites (tertiary alicyclic amines) is 1. The number of ether oxygens (including phenoxy) is 2. The molecule has 8 nitrogen and oxygen atoms in total. The van der Waals surface area contributed by atoms with E-state index < -0.39 is 5.60 Å². The molecule has 0 N–H and O–H groups in total. The largest absolute Gasteiger partial charge is 0.444 e. The predicted octanol–water partition coefficient (Wildman–Crippen LogP) is 5.47. The first-order valence-electron chi connectivity index (χ1n) is 13.3. The summed E-state index contributed by atoms with van der Waals surface area (Å²) in [6.45, 7) is 8.18. The molecule has 1 fully saturated rings. The van der Waals surface area contributed by atoms with E-state index in [1.165, 1.54) is 5.57 Å². The van der Waals surface area contributed by atoms with Crippen LogP contribution in [-0.4, -0.2) is 65.7 Å². The van der Waals surface area contributed by atoms with Crippen molar-refractivity contribution in [3.05, 3.63) is 71.3 Å². The predicted molar refractivity (Wildman–Crippen MR) is 145 cm³/mol. The number of hydrogen-bond donors (Lipinski definition) is 0. The van der Waals surface area contributed by atoms with Crippen molar-refractivity contribution in [2.45, 2.75) is 58.3 Å². The summed E-state index contributed by atoms with van der Waals surface area (Å²) in [4.78, 5) is 43.4.